The molecule has 0 saturated heterocycles. The number of aromatic nitrogens is 1. The molecule has 7 heteroatoms. The molecule has 242 valence electrons. The van der Waals surface area contributed by atoms with E-state index >= 15 is 4.39 Å². The zero-order valence-electron chi connectivity index (χ0n) is 26.6. The summed E-state index contributed by atoms with van der Waals surface area (Å²) in [4.78, 5) is 29.5. The summed E-state index contributed by atoms with van der Waals surface area (Å²) in [5, 5.41) is 2.71. The highest BCUT2D eigenvalue weighted by molar-refractivity contribution is 6.31. The van der Waals surface area contributed by atoms with E-state index in [1.165, 1.54) is 40.3 Å². The Hall–Kier alpha value is -4.03. The number of carbonyl (C=O) groups excluding carboxylic acids is 1. The van der Waals surface area contributed by atoms with Crippen molar-refractivity contribution in [2.75, 3.05) is 5.32 Å². The van der Waals surface area contributed by atoms with Crippen molar-refractivity contribution in [3.05, 3.63) is 139 Å². The molecule has 3 aromatic carbocycles. The number of hydrogen-bond acceptors (Lipinski definition) is 4. The second-order valence-corrected chi connectivity index (χ2v) is 14.0. The van der Waals surface area contributed by atoms with Crippen molar-refractivity contribution in [3.63, 3.8) is 0 Å². The molecule has 7 rings (SSSR count). The lowest BCUT2D eigenvalue weighted by Crippen LogP contribution is -2.43. The number of amides is 1. The minimum absolute atomic E-state index is 0.0416. The normalized spacial score (nSPS) is 21.8. The number of nitrogens with one attached hydrogen (secondary N) is 1. The minimum Gasteiger partial charge on any atom is -0.438 e. The molecule has 2 aliphatic carbocycles. The maximum atomic E-state index is 15.4. The molecule has 3 atom stereocenters. The number of carbonyl (C=O) groups is 1. The molecule has 3 aliphatic rings. The van der Waals surface area contributed by atoms with E-state index < -0.39 is 17.5 Å². The Morgan fingerprint density at radius 1 is 0.936 bits per heavy atom. The molecule has 1 fully saturated rings. The molecular weight excluding hydrogens is 611 g/mol. The molecular formula is C40H40ClFN2O3. The first-order valence-electron chi connectivity index (χ1n) is 17.0. The van der Waals surface area contributed by atoms with Gasteiger partial charge in [-0.1, -0.05) is 60.1 Å². The lowest BCUT2D eigenvalue weighted by molar-refractivity contribution is -0.0267. The summed E-state index contributed by atoms with van der Waals surface area (Å²) in [7, 11) is 0. The maximum absolute atomic E-state index is 15.4. The number of aryl methyl sites for hydroxylation is 3. The van der Waals surface area contributed by atoms with Crippen LogP contribution in [0.2, 0.25) is 5.02 Å². The van der Waals surface area contributed by atoms with Crippen LogP contribution in [0.5, 0.6) is 0 Å². The average Bonchev–Trinajstić information content (AvgIpc) is 3.29. The Morgan fingerprint density at radius 3 is 2.60 bits per heavy atom. The van der Waals surface area contributed by atoms with Gasteiger partial charge in [0.25, 0.3) is 0 Å². The maximum Gasteiger partial charge on any atom is 0.412 e. The van der Waals surface area contributed by atoms with Gasteiger partial charge in [-0.05, 0) is 140 Å². The average molecular weight is 651 g/mol. The minimum atomic E-state index is -1.03. The molecule has 2 unspecified atom stereocenters. The van der Waals surface area contributed by atoms with E-state index in [1.807, 2.05) is 30.6 Å². The Kier molecular flexibility index (Phi) is 9.13. The molecule has 1 aromatic heterocycles. The fourth-order valence-corrected chi connectivity index (χ4v) is 8.35. The third-order valence-electron chi connectivity index (χ3n) is 10.6. The van der Waals surface area contributed by atoms with Crippen molar-refractivity contribution in [1.82, 2.24) is 4.98 Å². The van der Waals surface area contributed by atoms with Crippen molar-refractivity contribution >= 4 is 23.4 Å². The fraction of sp³-hybridized carbons (Fsp3) is 0.375. The smallest absolute Gasteiger partial charge is 0.412 e. The zero-order valence-corrected chi connectivity index (χ0v) is 27.3. The van der Waals surface area contributed by atoms with Gasteiger partial charge in [-0.15, -0.1) is 0 Å². The Bertz CT molecular complexity index is 1840. The highest BCUT2D eigenvalue weighted by atomic mass is 35.5. The first-order valence-corrected chi connectivity index (χ1v) is 17.4. The molecule has 5 nitrogen and oxygen atoms in total. The SMILES string of the molecule is O=C1Nc2ccc(Cl)c(F)c2[C@]2(CCCC(c3cncc4c3CCC(CCCc3ccc(CCc5cccccc5=O)cc3)C4)C2)O1. The van der Waals surface area contributed by atoms with Gasteiger partial charge >= 0.3 is 6.09 Å². The number of pyridine rings is 1. The van der Waals surface area contributed by atoms with Gasteiger partial charge in [0.1, 0.15) is 5.60 Å². The van der Waals surface area contributed by atoms with Crippen molar-refractivity contribution in [1.29, 1.82) is 0 Å². The predicted molar refractivity (Wildman–Crippen MR) is 184 cm³/mol. The topological polar surface area (TPSA) is 68.3 Å². The van der Waals surface area contributed by atoms with E-state index in [1.54, 1.807) is 18.2 Å². The standard InChI is InChI=1S/C40H40ClFN2O3/c41-34-19-20-35-37(38(34)42)40(47-39(46)44-35)21-5-9-30(23-40)33-25-43-24-31-22-28(16-18-32(31)33)7-4-6-26-11-13-27(14-12-26)15-17-29-8-2-1-3-10-36(29)45/h1-3,8,10-14,19-20,24-25,28,30H,4-7,9,15-18,21-23H2,(H,44,46)/t28?,30?,40-/m1/s1. The second kappa shape index (κ2) is 13.6. The molecule has 0 radical (unpaired) electrons. The van der Waals surface area contributed by atoms with E-state index in [9.17, 15) is 9.59 Å². The highest BCUT2D eigenvalue weighted by Gasteiger charge is 2.48. The van der Waals surface area contributed by atoms with Gasteiger partial charge in [0.15, 0.2) is 11.2 Å². The molecule has 4 aromatic rings. The summed E-state index contributed by atoms with van der Waals surface area (Å²) in [5.41, 5.74) is 7.30. The summed E-state index contributed by atoms with van der Waals surface area (Å²) >= 11 is 6.20. The van der Waals surface area contributed by atoms with Crippen LogP contribution < -0.4 is 10.7 Å². The van der Waals surface area contributed by atoms with E-state index in [4.69, 9.17) is 16.3 Å². The molecule has 1 spiro atoms. The van der Waals surface area contributed by atoms with E-state index in [0.29, 0.717) is 30.0 Å². The predicted octanol–water partition coefficient (Wildman–Crippen LogP) is 9.26. The first-order chi connectivity index (χ1) is 22.9. The summed E-state index contributed by atoms with van der Waals surface area (Å²) in [6, 6.07) is 21.2. The number of halogens is 2. The van der Waals surface area contributed by atoms with Crippen LogP contribution in [0.15, 0.2) is 83.9 Å². The van der Waals surface area contributed by atoms with E-state index in [-0.39, 0.29) is 16.4 Å². The largest absolute Gasteiger partial charge is 0.438 e. The number of hydrogen-bond donors (Lipinski definition) is 1. The molecule has 1 amide bonds. The number of fused-ring (bicyclic) bond motifs is 3. The lowest BCUT2D eigenvalue weighted by Gasteiger charge is -2.44. The van der Waals surface area contributed by atoms with Crippen LogP contribution >= 0.6 is 11.6 Å². The fourth-order valence-electron chi connectivity index (χ4n) is 8.20. The van der Waals surface area contributed by atoms with E-state index in [0.717, 1.165) is 63.4 Å². The third kappa shape index (κ3) is 6.71. The quantitative estimate of drug-likeness (QED) is 0.206. The second-order valence-electron chi connectivity index (χ2n) is 13.6. The van der Waals surface area contributed by atoms with E-state index in [2.05, 4.69) is 34.6 Å². The van der Waals surface area contributed by atoms with Crippen LogP contribution in [0.25, 0.3) is 0 Å². The molecule has 2 heterocycles. The molecule has 1 N–H and O–H groups in total. The number of anilines is 1. The van der Waals surface area contributed by atoms with Gasteiger partial charge < -0.3 is 4.74 Å². The van der Waals surface area contributed by atoms with Crippen molar-refractivity contribution in [2.45, 2.75) is 88.6 Å². The summed E-state index contributed by atoms with van der Waals surface area (Å²) in [6.45, 7) is 0. The molecule has 0 bridgehead atoms. The van der Waals surface area contributed by atoms with Crippen LogP contribution in [0.3, 0.4) is 0 Å². The van der Waals surface area contributed by atoms with Gasteiger partial charge in [0, 0.05) is 12.4 Å². The van der Waals surface area contributed by atoms with Crippen LogP contribution in [0, 0.1) is 11.7 Å². The number of rotatable bonds is 8. The van der Waals surface area contributed by atoms with Gasteiger partial charge in [-0.2, -0.15) is 0 Å². The molecule has 1 saturated carbocycles. The van der Waals surface area contributed by atoms with Gasteiger partial charge in [-0.25, -0.2) is 9.18 Å². The van der Waals surface area contributed by atoms with Crippen LogP contribution in [0.1, 0.15) is 89.8 Å². The monoisotopic (exact) mass is 650 g/mol. The van der Waals surface area contributed by atoms with Gasteiger partial charge in [0.05, 0.1) is 16.3 Å². The Balaban J connectivity index is 0.968. The summed E-state index contributed by atoms with van der Waals surface area (Å²) in [5.74, 6) is 0.243. The summed E-state index contributed by atoms with van der Waals surface area (Å²) < 4.78 is 21.4. The first kappa shape index (κ1) is 31.6. The zero-order chi connectivity index (χ0) is 32.4. The van der Waals surface area contributed by atoms with Crippen molar-refractivity contribution in [2.24, 2.45) is 5.92 Å². The van der Waals surface area contributed by atoms with Crippen molar-refractivity contribution < 1.29 is 13.9 Å². The number of benzene rings is 2. The summed E-state index contributed by atoms with van der Waals surface area (Å²) in [6.07, 6.45) is 14.5. The van der Waals surface area contributed by atoms with Crippen LogP contribution in [-0.4, -0.2) is 11.1 Å². The van der Waals surface area contributed by atoms with Crippen LogP contribution in [0.4, 0.5) is 14.9 Å². The van der Waals surface area contributed by atoms with Gasteiger partial charge in [0.2, 0.25) is 0 Å². The lowest BCUT2D eigenvalue weighted by atomic mass is 9.69. The number of ether oxygens (including phenoxy) is 1. The molecule has 1 aliphatic heterocycles. The van der Waals surface area contributed by atoms with Crippen LogP contribution in [-0.2, 0) is 42.4 Å². The molecule has 47 heavy (non-hydrogen) atoms. The van der Waals surface area contributed by atoms with Crippen molar-refractivity contribution in [3.8, 4) is 0 Å². The Morgan fingerprint density at radius 2 is 1.74 bits per heavy atom. The Labute approximate surface area is 280 Å². The number of nitrogens with zero attached hydrogens (tertiary/aromatic N) is 1. The third-order valence-corrected chi connectivity index (χ3v) is 10.9. The van der Waals surface area contributed by atoms with Gasteiger partial charge in [-0.3, -0.25) is 15.1 Å². The highest BCUT2D eigenvalue weighted by Crippen LogP contribution is 2.52.